The molecule has 2 aliphatic rings. The number of carbonyl (C=O) groups is 1. The topological polar surface area (TPSA) is 69.6 Å². The number of hydrazone groups is 1. The van der Waals surface area contributed by atoms with Gasteiger partial charge in [-0.05, 0) is 70.1 Å². The number of piperidine rings is 1. The van der Waals surface area contributed by atoms with E-state index in [1.165, 1.54) is 10.7 Å². The van der Waals surface area contributed by atoms with Crippen molar-refractivity contribution in [2.24, 2.45) is 5.10 Å². The van der Waals surface area contributed by atoms with Crippen molar-refractivity contribution in [1.82, 2.24) is 15.2 Å². The maximum absolute atomic E-state index is 12.7. The van der Waals surface area contributed by atoms with Crippen LogP contribution in [0, 0.1) is 0 Å². The average molecular weight is 480 g/mol. The van der Waals surface area contributed by atoms with Crippen LogP contribution in [-0.4, -0.2) is 82.2 Å². The van der Waals surface area contributed by atoms with E-state index in [1.807, 2.05) is 19.1 Å². The maximum atomic E-state index is 12.7. The molecule has 8 nitrogen and oxygen atoms in total. The third-order valence-electron chi connectivity index (χ3n) is 7.13. The van der Waals surface area contributed by atoms with Crippen LogP contribution in [0.4, 0.5) is 10.5 Å². The van der Waals surface area contributed by atoms with Crippen LogP contribution in [0.25, 0.3) is 0 Å². The highest BCUT2D eigenvalue weighted by atomic mass is 16.5. The second kappa shape index (κ2) is 10.6. The van der Waals surface area contributed by atoms with E-state index in [4.69, 9.17) is 14.6 Å². The lowest BCUT2D eigenvalue weighted by Gasteiger charge is -2.36. The van der Waals surface area contributed by atoms with E-state index in [2.05, 4.69) is 53.5 Å². The van der Waals surface area contributed by atoms with Crippen molar-refractivity contribution < 1.29 is 14.3 Å². The number of nitrogens with one attached hydrogen (secondary N) is 1. The Morgan fingerprint density at radius 2 is 1.69 bits per heavy atom. The van der Waals surface area contributed by atoms with Gasteiger partial charge in [-0.3, -0.25) is 0 Å². The van der Waals surface area contributed by atoms with Crippen LogP contribution in [0.1, 0.15) is 36.5 Å². The number of urea groups is 1. The molecule has 4 rings (SSSR count). The van der Waals surface area contributed by atoms with E-state index in [-0.39, 0.29) is 12.1 Å². The first kappa shape index (κ1) is 24.9. The summed E-state index contributed by atoms with van der Waals surface area (Å²) >= 11 is 0. The van der Waals surface area contributed by atoms with Crippen molar-refractivity contribution in [2.45, 2.75) is 38.3 Å². The molecule has 2 aromatic rings. The fourth-order valence-corrected chi connectivity index (χ4v) is 5.02. The van der Waals surface area contributed by atoms with Gasteiger partial charge >= 0.3 is 6.03 Å². The SMILES string of the molecule is CNC(=O)N1N=C(c2ccc(N3CCC(N(C)C)CC3)cc2)c2cc(OC)c(OC)cc2C[C@H]1C. The molecule has 2 heterocycles. The molecule has 2 aliphatic heterocycles. The Bertz CT molecular complexity index is 1070. The Balaban J connectivity index is 1.71. The Labute approximate surface area is 208 Å². The summed E-state index contributed by atoms with van der Waals surface area (Å²) in [5.74, 6) is 1.31. The zero-order valence-corrected chi connectivity index (χ0v) is 21.7. The van der Waals surface area contributed by atoms with Gasteiger partial charge in [0, 0.05) is 43.0 Å². The first-order valence-corrected chi connectivity index (χ1v) is 12.2. The first-order chi connectivity index (χ1) is 16.9. The van der Waals surface area contributed by atoms with E-state index < -0.39 is 0 Å². The molecular weight excluding hydrogens is 442 g/mol. The molecule has 8 heteroatoms. The van der Waals surface area contributed by atoms with E-state index in [0.29, 0.717) is 24.0 Å². The van der Waals surface area contributed by atoms with Gasteiger partial charge in [0.05, 0.1) is 26.0 Å². The molecule has 0 radical (unpaired) electrons. The number of hydrogen-bond donors (Lipinski definition) is 1. The van der Waals surface area contributed by atoms with E-state index in [9.17, 15) is 4.79 Å². The molecule has 1 N–H and O–H groups in total. The predicted molar refractivity (Wildman–Crippen MR) is 140 cm³/mol. The molecule has 0 saturated carbocycles. The van der Waals surface area contributed by atoms with Gasteiger partial charge in [0.25, 0.3) is 0 Å². The standard InChI is InChI=1S/C27H37N5O3/c1-18-15-20-16-24(34-5)25(35-6)17-23(20)26(29-32(18)27(33)28-2)19-7-9-22(10-8-19)31-13-11-21(12-14-31)30(3)4/h7-10,16-18,21H,11-15H2,1-6H3,(H,28,33)/t18-/m1/s1. The van der Waals surface area contributed by atoms with Gasteiger partial charge in [0.1, 0.15) is 0 Å². The Kier molecular flexibility index (Phi) is 7.50. The van der Waals surface area contributed by atoms with Crippen molar-refractivity contribution in [2.75, 3.05) is 53.4 Å². The Hall–Kier alpha value is -3.26. The number of ether oxygens (including phenoxy) is 2. The van der Waals surface area contributed by atoms with Crippen LogP contribution in [-0.2, 0) is 6.42 Å². The fourth-order valence-electron chi connectivity index (χ4n) is 5.02. The molecular formula is C27H37N5O3. The zero-order valence-electron chi connectivity index (χ0n) is 21.7. The van der Waals surface area contributed by atoms with Crippen molar-refractivity contribution in [3.8, 4) is 11.5 Å². The lowest BCUT2D eigenvalue weighted by atomic mass is 9.93. The molecule has 0 aliphatic carbocycles. The van der Waals surface area contributed by atoms with Crippen LogP contribution in [0.15, 0.2) is 41.5 Å². The minimum absolute atomic E-state index is 0.124. The highest BCUT2D eigenvalue weighted by Crippen LogP contribution is 2.35. The molecule has 2 amide bonds. The van der Waals surface area contributed by atoms with Crippen molar-refractivity contribution in [1.29, 1.82) is 0 Å². The van der Waals surface area contributed by atoms with Gasteiger partial charge < -0.3 is 24.6 Å². The number of amides is 2. The molecule has 0 bridgehead atoms. The molecule has 0 unspecified atom stereocenters. The van der Waals surface area contributed by atoms with Gasteiger partial charge in [0.15, 0.2) is 11.5 Å². The summed E-state index contributed by atoms with van der Waals surface area (Å²) in [4.78, 5) is 17.5. The number of carbonyl (C=O) groups excluding carboxylic acids is 1. The lowest BCUT2D eigenvalue weighted by Crippen LogP contribution is -2.42. The molecule has 188 valence electrons. The molecule has 1 fully saturated rings. The van der Waals surface area contributed by atoms with Crippen LogP contribution in [0.3, 0.4) is 0 Å². The summed E-state index contributed by atoms with van der Waals surface area (Å²) in [7, 11) is 9.21. The average Bonchev–Trinajstić information content (AvgIpc) is 3.03. The van der Waals surface area contributed by atoms with Crippen LogP contribution in [0.5, 0.6) is 11.5 Å². The van der Waals surface area contributed by atoms with E-state index >= 15 is 0 Å². The summed E-state index contributed by atoms with van der Waals surface area (Å²) in [6.45, 7) is 4.10. The minimum atomic E-state index is -0.234. The summed E-state index contributed by atoms with van der Waals surface area (Å²) in [5.41, 5.74) is 4.92. The summed E-state index contributed by atoms with van der Waals surface area (Å²) in [6, 6.07) is 12.8. The van der Waals surface area contributed by atoms with Gasteiger partial charge in [-0.2, -0.15) is 5.10 Å². The summed E-state index contributed by atoms with van der Waals surface area (Å²) in [5, 5.41) is 9.12. The Morgan fingerprint density at radius 3 is 2.26 bits per heavy atom. The molecule has 1 atom stereocenters. The highest BCUT2D eigenvalue weighted by molar-refractivity contribution is 6.14. The number of anilines is 1. The number of nitrogens with zero attached hydrogens (tertiary/aromatic N) is 4. The largest absolute Gasteiger partial charge is 0.493 e. The smallest absolute Gasteiger partial charge is 0.337 e. The van der Waals surface area contributed by atoms with Gasteiger partial charge in [-0.1, -0.05) is 12.1 Å². The van der Waals surface area contributed by atoms with Gasteiger partial charge in [-0.25, -0.2) is 9.80 Å². The van der Waals surface area contributed by atoms with Crippen molar-refractivity contribution in [3.63, 3.8) is 0 Å². The number of methoxy groups -OCH3 is 2. The Morgan fingerprint density at radius 1 is 1.06 bits per heavy atom. The molecule has 0 spiro atoms. The number of rotatable bonds is 5. The number of fused-ring (bicyclic) bond motifs is 1. The summed E-state index contributed by atoms with van der Waals surface area (Å²) in [6.07, 6.45) is 2.97. The monoisotopic (exact) mass is 479 g/mol. The maximum Gasteiger partial charge on any atom is 0.337 e. The second-order valence-electron chi connectivity index (χ2n) is 9.49. The van der Waals surface area contributed by atoms with Gasteiger partial charge in [0.2, 0.25) is 0 Å². The molecule has 2 aromatic carbocycles. The third kappa shape index (κ3) is 5.07. The van der Waals surface area contributed by atoms with Crippen LogP contribution < -0.4 is 19.7 Å². The van der Waals surface area contributed by atoms with E-state index in [0.717, 1.165) is 48.3 Å². The highest BCUT2D eigenvalue weighted by Gasteiger charge is 2.28. The summed E-state index contributed by atoms with van der Waals surface area (Å²) < 4.78 is 11.1. The fraction of sp³-hybridized carbons (Fsp3) is 0.481. The third-order valence-corrected chi connectivity index (χ3v) is 7.13. The zero-order chi connectivity index (χ0) is 25.1. The number of hydrogen-bond acceptors (Lipinski definition) is 6. The quantitative estimate of drug-likeness (QED) is 0.710. The van der Waals surface area contributed by atoms with Gasteiger partial charge in [-0.15, -0.1) is 0 Å². The van der Waals surface area contributed by atoms with Crippen LogP contribution >= 0.6 is 0 Å². The first-order valence-electron chi connectivity index (χ1n) is 12.2. The van der Waals surface area contributed by atoms with Crippen molar-refractivity contribution in [3.05, 3.63) is 53.1 Å². The molecule has 0 aromatic heterocycles. The minimum Gasteiger partial charge on any atom is -0.493 e. The van der Waals surface area contributed by atoms with Crippen molar-refractivity contribution >= 4 is 17.4 Å². The predicted octanol–water partition coefficient (Wildman–Crippen LogP) is 3.57. The normalized spacial score (nSPS) is 18.6. The number of benzene rings is 2. The van der Waals surface area contributed by atoms with E-state index in [1.54, 1.807) is 21.3 Å². The van der Waals surface area contributed by atoms with Crippen LogP contribution in [0.2, 0.25) is 0 Å². The molecule has 1 saturated heterocycles. The molecule has 35 heavy (non-hydrogen) atoms. The lowest BCUT2D eigenvalue weighted by molar-refractivity contribution is 0.184. The second-order valence-corrected chi connectivity index (χ2v) is 9.49.